The number of nitrogens with zero attached hydrogens (tertiary/aromatic N) is 2. The molecule has 0 saturated heterocycles. The van der Waals surface area contributed by atoms with Crippen molar-refractivity contribution in [1.82, 2.24) is 14.5 Å². The standard InChI is InChI=1S/C16H34B2N4S.C3H4/c1-7-8-9-10-14-22(17(4)19-6)18(5)20-15-12-11-13-21(15)16(2,3)23;1-3-2/h11-13,19-20,23H,7-10,14H2,1-6H3;1-2H2. The molecule has 0 aliphatic rings. The van der Waals surface area contributed by atoms with Crippen LogP contribution in [-0.2, 0) is 4.87 Å². The smallest absolute Gasteiger partial charge is 0.327 e. The average Bonchev–Trinajstić information content (AvgIpc) is 3.03. The minimum Gasteiger partial charge on any atom is -0.401 e. The fourth-order valence-electron chi connectivity index (χ4n) is 2.88. The lowest BCUT2D eigenvalue weighted by Gasteiger charge is -2.33. The fraction of sp³-hybridized carbons (Fsp3) is 0.632. The number of hydrogen-bond donors (Lipinski definition) is 3. The highest BCUT2D eigenvalue weighted by atomic mass is 32.1. The summed E-state index contributed by atoms with van der Waals surface area (Å²) >= 11 is 4.69. The van der Waals surface area contributed by atoms with Crippen molar-refractivity contribution >= 4 is 32.4 Å². The lowest BCUT2D eigenvalue weighted by molar-refractivity contribution is 0.546. The van der Waals surface area contributed by atoms with Gasteiger partial charge in [-0.15, -0.1) is 5.73 Å². The Bertz CT molecular complexity index is 522. The molecule has 146 valence electrons. The summed E-state index contributed by atoms with van der Waals surface area (Å²) in [6.07, 6.45) is 7.22. The number of rotatable bonds is 11. The molecule has 1 aromatic rings. The van der Waals surface area contributed by atoms with Crippen LogP contribution < -0.4 is 10.5 Å². The molecule has 1 heterocycles. The zero-order valence-corrected chi connectivity index (χ0v) is 18.6. The van der Waals surface area contributed by atoms with Crippen molar-refractivity contribution in [2.45, 2.75) is 65.0 Å². The SMILES string of the molecule is C=C=C.CCCCCCN(B(C)NC)B(C)Nc1cccn1C(C)(C)S. The molecule has 0 bridgehead atoms. The highest BCUT2D eigenvalue weighted by Gasteiger charge is 2.27. The van der Waals surface area contributed by atoms with Crippen LogP contribution in [-0.4, -0.2) is 36.8 Å². The summed E-state index contributed by atoms with van der Waals surface area (Å²) in [5, 5.41) is 7.03. The van der Waals surface area contributed by atoms with Crippen molar-refractivity contribution in [3.63, 3.8) is 0 Å². The topological polar surface area (TPSA) is 32.2 Å². The molecular weight excluding hydrogens is 338 g/mol. The highest BCUT2D eigenvalue weighted by Crippen LogP contribution is 2.25. The lowest BCUT2D eigenvalue weighted by Crippen LogP contribution is -2.56. The molecule has 1 rings (SSSR count). The molecule has 26 heavy (non-hydrogen) atoms. The Morgan fingerprint density at radius 3 is 2.35 bits per heavy atom. The minimum atomic E-state index is -0.216. The molecule has 0 fully saturated rings. The van der Waals surface area contributed by atoms with Gasteiger partial charge >= 0.3 is 6.98 Å². The molecule has 0 aromatic carbocycles. The van der Waals surface area contributed by atoms with Crippen molar-refractivity contribution in [3.8, 4) is 0 Å². The predicted octanol–water partition coefficient (Wildman–Crippen LogP) is 4.82. The third-order valence-electron chi connectivity index (χ3n) is 4.38. The summed E-state index contributed by atoms with van der Waals surface area (Å²) in [5.41, 5.74) is 2.25. The van der Waals surface area contributed by atoms with Gasteiger partial charge < -0.3 is 19.7 Å². The first-order chi connectivity index (χ1) is 12.2. The van der Waals surface area contributed by atoms with E-state index in [1.807, 2.05) is 7.05 Å². The molecule has 0 aliphatic heterocycles. The number of hydrogen-bond acceptors (Lipinski definition) is 4. The summed E-state index contributed by atoms with van der Waals surface area (Å²) in [4.78, 5) is -0.216. The summed E-state index contributed by atoms with van der Waals surface area (Å²) in [6.45, 7) is 18.9. The Hall–Kier alpha value is -1.00. The Labute approximate surface area is 168 Å². The van der Waals surface area contributed by atoms with E-state index in [0.29, 0.717) is 6.98 Å². The lowest BCUT2D eigenvalue weighted by atomic mass is 9.62. The largest absolute Gasteiger partial charge is 0.401 e. The van der Waals surface area contributed by atoms with E-state index in [-0.39, 0.29) is 11.9 Å². The van der Waals surface area contributed by atoms with Gasteiger partial charge in [-0.1, -0.05) is 53.0 Å². The maximum atomic E-state index is 4.69. The number of aromatic nitrogens is 1. The summed E-state index contributed by atoms with van der Waals surface area (Å²) in [7, 11) is 2.02. The molecule has 0 atom stereocenters. The van der Waals surface area contributed by atoms with Crippen molar-refractivity contribution < 1.29 is 0 Å². The second-order valence-corrected chi connectivity index (χ2v) is 8.19. The van der Waals surface area contributed by atoms with Crippen molar-refractivity contribution in [2.75, 3.05) is 18.8 Å². The van der Waals surface area contributed by atoms with E-state index < -0.39 is 0 Å². The predicted molar refractivity (Wildman–Crippen MR) is 124 cm³/mol. The quantitative estimate of drug-likeness (QED) is 0.224. The van der Waals surface area contributed by atoms with Gasteiger partial charge in [0.25, 0.3) is 6.98 Å². The molecule has 4 nitrogen and oxygen atoms in total. The summed E-state index contributed by atoms with van der Waals surface area (Å²) in [5.74, 6) is 1.11. The van der Waals surface area contributed by atoms with E-state index in [9.17, 15) is 0 Å². The van der Waals surface area contributed by atoms with E-state index in [0.717, 1.165) is 12.4 Å². The van der Waals surface area contributed by atoms with Crippen LogP contribution in [0.1, 0.15) is 46.5 Å². The van der Waals surface area contributed by atoms with Gasteiger partial charge in [0.05, 0.1) is 10.7 Å². The van der Waals surface area contributed by atoms with Crippen molar-refractivity contribution in [1.29, 1.82) is 0 Å². The molecule has 1 aromatic heterocycles. The second kappa shape index (κ2) is 13.2. The van der Waals surface area contributed by atoms with Crippen molar-refractivity contribution in [3.05, 3.63) is 37.2 Å². The van der Waals surface area contributed by atoms with Gasteiger partial charge in [0.15, 0.2) is 0 Å². The van der Waals surface area contributed by atoms with Gasteiger partial charge in [-0.3, -0.25) is 0 Å². The third-order valence-corrected chi connectivity index (χ3v) is 4.59. The minimum absolute atomic E-state index is 0.216. The van der Waals surface area contributed by atoms with E-state index in [2.05, 4.69) is 104 Å². The normalized spacial score (nSPS) is 10.8. The number of thiol groups is 1. The molecule has 0 spiro atoms. The Morgan fingerprint density at radius 1 is 1.23 bits per heavy atom. The van der Waals surface area contributed by atoms with E-state index in [1.54, 1.807) is 0 Å². The maximum Gasteiger partial charge on any atom is 0.327 e. The van der Waals surface area contributed by atoms with Gasteiger partial charge in [-0.25, -0.2) is 0 Å². The number of nitrogens with one attached hydrogen (secondary N) is 2. The molecule has 0 radical (unpaired) electrons. The summed E-state index contributed by atoms with van der Waals surface area (Å²) in [6, 6.07) is 4.19. The van der Waals surface area contributed by atoms with Crippen molar-refractivity contribution in [2.24, 2.45) is 0 Å². The van der Waals surface area contributed by atoms with E-state index >= 15 is 0 Å². The molecule has 7 heteroatoms. The highest BCUT2D eigenvalue weighted by molar-refractivity contribution is 7.81. The van der Waals surface area contributed by atoms with Crippen LogP contribution >= 0.6 is 12.6 Å². The molecule has 0 unspecified atom stereocenters. The van der Waals surface area contributed by atoms with Crippen LogP contribution in [0.15, 0.2) is 37.2 Å². The monoisotopic (exact) mass is 376 g/mol. The van der Waals surface area contributed by atoms with Crippen LogP contribution in [0.2, 0.25) is 13.6 Å². The van der Waals surface area contributed by atoms with Crippen LogP contribution in [0.25, 0.3) is 0 Å². The van der Waals surface area contributed by atoms with Crippen LogP contribution in [0.3, 0.4) is 0 Å². The maximum absolute atomic E-state index is 4.69. The molecule has 0 saturated carbocycles. The van der Waals surface area contributed by atoms with Gasteiger partial charge in [-0.05, 0) is 46.0 Å². The first-order valence-electron chi connectivity index (χ1n) is 9.61. The number of anilines is 1. The van der Waals surface area contributed by atoms with E-state index in [1.165, 1.54) is 25.7 Å². The average molecular weight is 376 g/mol. The van der Waals surface area contributed by atoms with Crippen LogP contribution in [0.5, 0.6) is 0 Å². The van der Waals surface area contributed by atoms with Crippen LogP contribution in [0, 0.1) is 0 Å². The molecule has 2 N–H and O–H groups in total. The van der Waals surface area contributed by atoms with Gasteiger partial charge in [0.2, 0.25) is 0 Å². The molecule has 0 aliphatic carbocycles. The first-order valence-corrected chi connectivity index (χ1v) is 10.1. The zero-order valence-electron chi connectivity index (χ0n) is 17.7. The van der Waals surface area contributed by atoms with Gasteiger partial charge in [-0.2, -0.15) is 12.6 Å². The second-order valence-electron chi connectivity index (χ2n) is 7.09. The Kier molecular flexibility index (Phi) is 12.7. The number of unbranched alkanes of at least 4 members (excludes halogenated alkanes) is 3. The third kappa shape index (κ3) is 9.09. The van der Waals surface area contributed by atoms with E-state index in [4.69, 9.17) is 0 Å². The zero-order chi connectivity index (χ0) is 20.2. The Morgan fingerprint density at radius 2 is 1.85 bits per heavy atom. The summed E-state index contributed by atoms with van der Waals surface area (Å²) < 4.78 is 4.66. The van der Waals surface area contributed by atoms with Crippen LogP contribution in [0.4, 0.5) is 5.82 Å². The van der Waals surface area contributed by atoms with Gasteiger partial charge in [0.1, 0.15) is 0 Å². The first kappa shape index (κ1) is 25.0. The molecular formula is C19H38B2N4S. The van der Waals surface area contributed by atoms with Gasteiger partial charge in [0, 0.05) is 6.20 Å². The molecule has 0 amide bonds. The fourth-order valence-corrected chi connectivity index (χ4v) is 3.06. The Balaban J connectivity index is 0.00000194.